The van der Waals surface area contributed by atoms with Gasteiger partial charge in [-0.15, -0.1) is 0 Å². The van der Waals surface area contributed by atoms with Crippen LogP contribution in [-0.4, -0.2) is 5.78 Å². The molecule has 4 aromatic rings. The Morgan fingerprint density at radius 2 is 1.03 bits per heavy atom. The van der Waals surface area contributed by atoms with Crippen molar-refractivity contribution in [2.24, 2.45) is 0 Å². The maximum absolute atomic E-state index is 14.2. The molecule has 3 heterocycles. The average Bonchev–Trinajstić information content (AvgIpc) is 3.42. The first-order valence-corrected chi connectivity index (χ1v) is 11.6. The molecular formula is C25H19Br2NO3. The third kappa shape index (κ3) is 3.95. The fraction of sp³-hybridized carbons (Fsp3) is 0.160. The number of carbonyl (C=O) groups is 1. The van der Waals surface area contributed by atoms with Gasteiger partial charge in [0.25, 0.3) is 0 Å². The molecule has 6 heteroatoms. The van der Waals surface area contributed by atoms with Crippen molar-refractivity contribution < 1.29 is 13.6 Å². The van der Waals surface area contributed by atoms with Crippen molar-refractivity contribution in [3.05, 3.63) is 117 Å². The minimum Gasteiger partial charge on any atom is -0.453 e. The molecule has 4 atom stereocenters. The zero-order valence-corrected chi connectivity index (χ0v) is 19.5. The number of piperidine rings is 1. The van der Waals surface area contributed by atoms with E-state index < -0.39 is 11.8 Å². The lowest BCUT2D eigenvalue weighted by Gasteiger charge is -2.40. The Labute approximate surface area is 196 Å². The average molecular weight is 541 g/mol. The predicted octanol–water partition coefficient (Wildman–Crippen LogP) is 6.92. The lowest BCUT2D eigenvalue weighted by atomic mass is 9.71. The summed E-state index contributed by atoms with van der Waals surface area (Å²) < 4.78 is 13.1. The third-order valence-corrected chi connectivity index (χ3v) is 6.61. The number of nitrogens with one attached hydrogen (secondary N) is 1. The Balaban J connectivity index is 1.66. The maximum Gasteiger partial charge on any atom is 0.169 e. The first kappa shape index (κ1) is 20.5. The Bertz CT molecular complexity index is 1090. The van der Waals surface area contributed by atoms with E-state index in [0.717, 1.165) is 11.1 Å². The number of ketones is 1. The van der Waals surface area contributed by atoms with E-state index in [1.165, 1.54) is 0 Å². The SMILES string of the molecule is O=C1[C@H](c2ccccc2)[C@@H](c2ccc(Br)o2)N[C@@H](c2ccc(Br)o2)[C@H]1c1ccccc1. The number of benzene rings is 2. The number of hydrogen-bond donors (Lipinski definition) is 1. The van der Waals surface area contributed by atoms with Gasteiger partial charge in [0.1, 0.15) is 11.5 Å². The van der Waals surface area contributed by atoms with Gasteiger partial charge in [0, 0.05) is 0 Å². The first-order valence-electron chi connectivity index (χ1n) is 10.0. The lowest BCUT2D eigenvalue weighted by Crippen LogP contribution is -2.46. The summed E-state index contributed by atoms with van der Waals surface area (Å²) in [6.07, 6.45) is 0. The number of furan rings is 2. The fourth-order valence-corrected chi connectivity index (χ4v) is 5.06. The monoisotopic (exact) mass is 539 g/mol. The highest BCUT2D eigenvalue weighted by atomic mass is 79.9. The zero-order chi connectivity index (χ0) is 21.4. The van der Waals surface area contributed by atoms with Crippen LogP contribution < -0.4 is 5.32 Å². The van der Waals surface area contributed by atoms with E-state index in [4.69, 9.17) is 8.83 Å². The molecule has 1 saturated heterocycles. The van der Waals surface area contributed by atoms with Crippen LogP contribution in [0.1, 0.15) is 46.6 Å². The van der Waals surface area contributed by atoms with Crippen molar-refractivity contribution in [2.75, 3.05) is 0 Å². The molecular weight excluding hydrogens is 522 g/mol. The Morgan fingerprint density at radius 3 is 1.39 bits per heavy atom. The first-order chi connectivity index (χ1) is 15.1. The molecule has 0 aliphatic carbocycles. The molecule has 1 fully saturated rings. The minimum absolute atomic E-state index is 0.131. The van der Waals surface area contributed by atoms with Gasteiger partial charge in [0.05, 0.1) is 23.9 Å². The number of Topliss-reactive ketones (excluding diaryl/α,β-unsaturated/α-hetero) is 1. The van der Waals surface area contributed by atoms with Crippen LogP contribution in [0.25, 0.3) is 0 Å². The quantitative estimate of drug-likeness (QED) is 0.305. The second-order valence-electron chi connectivity index (χ2n) is 7.58. The minimum atomic E-state index is -0.404. The van der Waals surface area contributed by atoms with Crippen LogP contribution in [0.2, 0.25) is 0 Å². The van der Waals surface area contributed by atoms with Crippen molar-refractivity contribution in [3.8, 4) is 0 Å². The van der Waals surface area contributed by atoms with E-state index >= 15 is 0 Å². The van der Waals surface area contributed by atoms with Crippen molar-refractivity contribution in [1.82, 2.24) is 5.32 Å². The number of carbonyl (C=O) groups excluding carboxylic acids is 1. The third-order valence-electron chi connectivity index (χ3n) is 5.76. The van der Waals surface area contributed by atoms with Gasteiger partial charge in [-0.3, -0.25) is 10.1 Å². The van der Waals surface area contributed by atoms with Crippen LogP contribution in [0.4, 0.5) is 0 Å². The van der Waals surface area contributed by atoms with Crippen LogP contribution in [0, 0.1) is 0 Å². The molecule has 1 aliphatic heterocycles. The highest BCUT2D eigenvalue weighted by Crippen LogP contribution is 2.48. The van der Waals surface area contributed by atoms with Gasteiger partial charge >= 0.3 is 0 Å². The summed E-state index contributed by atoms with van der Waals surface area (Å²) in [6.45, 7) is 0. The van der Waals surface area contributed by atoms with E-state index in [2.05, 4.69) is 37.2 Å². The van der Waals surface area contributed by atoms with Crippen molar-refractivity contribution >= 4 is 37.6 Å². The molecule has 1 N–H and O–H groups in total. The lowest BCUT2D eigenvalue weighted by molar-refractivity contribution is -0.126. The number of rotatable bonds is 4. The van der Waals surface area contributed by atoms with Gasteiger partial charge in [-0.25, -0.2) is 0 Å². The molecule has 2 aromatic heterocycles. The molecule has 0 radical (unpaired) electrons. The summed E-state index contributed by atoms with van der Waals surface area (Å²) in [4.78, 5) is 14.2. The highest BCUT2D eigenvalue weighted by Gasteiger charge is 2.48. The summed E-state index contributed by atoms with van der Waals surface area (Å²) in [6, 6.07) is 26.6. The van der Waals surface area contributed by atoms with Crippen LogP contribution >= 0.6 is 31.9 Å². The summed E-state index contributed by atoms with van der Waals surface area (Å²) in [5.74, 6) is 0.733. The second kappa shape index (κ2) is 8.61. The highest BCUT2D eigenvalue weighted by molar-refractivity contribution is 9.10. The molecule has 1 aliphatic rings. The molecule has 0 amide bonds. The Morgan fingerprint density at radius 1 is 0.613 bits per heavy atom. The second-order valence-corrected chi connectivity index (χ2v) is 9.15. The zero-order valence-electron chi connectivity index (χ0n) is 16.4. The van der Waals surface area contributed by atoms with Crippen molar-refractivity contribution in [3.63, 3.8) is 0 Å². The maximum atomic E-state index is 14.2. The summed E-state index contributed by atoms with van der Waals surface area (Å²) in [7, 11) is 0. The van der Waals surface area contributed by atoms with Gasteiger partial charge < -0.3 is 8.83 Å². The van der Waals surface area contributed by atoms with E-state index in [-0.39, 0.29) is 17.9 Å². The van der Waals surface area contributed by atoms with Crippen molar-refractivity contribution in [1.29, 1.82) is 0 Å². The number of hydrogen-bond acceptors (Lipinski definition) is 4. The summed E-state index contributed by atoms with van der Waals surface area (Å²) in [5.41, 5.74) is 1.91. The Kier molecular flexibility index (Phi) is 5.69. The molecule has 156 valence electrons. The standard InChI is InChI=1S/C25H19Br2NO3/c26-19-13-11-17(30-19)23-21(15-7-3-1-4-8-15)25(29)22(16-9-5-2-6-10-16)24(28-23)18-12-14-20(27)31-18/h1-14,21-24,28H/t21-,22-,23-,24+/m1/s1. The molecule has 5 rings (SSSR count). The van der Waals surface area contributed by atoms with Gasteiger partial charge in [0.15, 0.2) is 15.1 Å². The molecule has 0 spiro atoms. The summed E-state index contributed by atoms with van der Waals surface area (Å²) >= 11 is 6.80. The van der Waals surface area contributed by atoms with E-state index in [0.29, 0.717) is 20.9 Å². The van der Waals surface area contributed by atoms with Crippen molar-refractivity contribution in [2.45, 2.75) is 23.9 Å². The fourth-order valence-electron chi connectivity index (χ4n) is 4.43. The molecule has 31 heavy (non-hydrogen) atoms. The van der Waals surface area contributed by atoms with E-state index in [1.807, 2.05) is 84.9 Å². The predicted molar refractivity (Wildman–Crippen MR) is 125 cm³/mol. The van der Waals surface area contributed by atoms with E-state index in [9.17, 15) is 4.79 Å². The largest absolute Gasteiger partial charge is 0.453 e. The molecule has 0 bridgehead atoms. The van der Waals surface area contributed by atoms with Gasteiger partial charge in [-0.1, -0.05) is 60.7 Å². The molecule has 0 unspecified atom stereocenters. The normalized spacial score (nSPS) is 23.7. The van der Waals surface area contributed by atoms with Crippen LogP contribution in [0.5, 0.6) is 0 Å². The van der Waals surface area contributed by atoms with Crippen LogP contribution in [0.3, 0.4) is 0 Å². The van der Waals surface area contributed by atoms with Gasteiger partial charge in [0.2, 0.25) is 0 Å². The number of halogens is 2. The summed E-state index contributed by atoms with van der Waals surface area (Å²) in [5, 5.41) is 3.69. The smallest absolute Gasteiger partial charge is 0.169 e. The molecule has 2 aromatic carbocycles. The van der Waals surface area contributed by atoms with Crippen LogP contribution in [0.15, 0.2) is 103 Å². The Hall–Kier alpha value is -2.41. The van der Waals surface area contributed by atoms with Gasteiger partial charge in [-0.2, -0.15) is 0 Å². The van der Waals surface area contributed by atoms with Gasteiger partial charge in [-0.05, 0) is 67.3 Å². The molecule has 4 nitrogen and oxygen atoms in total. The topological polar surface area (TPSA) is 55.4 Å². The molecule has 0 saturated carbocycles. The van der Waals surface area contributed by atoms with E-state index in [1.54, 1.807) is 0 Å². The van der Waals surface area contributed by atoms with Crippen LogP contribution in [-0.2, 0) is 4.79 Å².